The standard InChI is InChI=1S/C18H19ClN4O2/c19-13-7-3-2-6-11(13)12-10-14(24)20-16-15(12)17(25)22-18(21-16)23-8-4-1-5-9-23/h2-3,6-7,12H,1,4-5,8-10H2,(H2,20,21,22,24,25). The smallest absolute Gasteiger partial charge is 0.258 e. The summed E-state index contributed by atoms with van der Waals surface area (Å²) in [6.07, 6.45) is 3.53. The zero-order valence-corrected chi connectivity index (χ0v) is 14.5. The fraction of sp³-hybridized carbons (Fsp3) is 0.389. The Hall–Kier alpha value is -2.34. The zero-order valence-electron chi connectivity index (χ0n) is 13.7. The van der Waals surface area contributed by atoms with Crippen LogP contribution in [0.25, 0.3) is 0 Å². The van der Waals surface area contributed by atoms with Crippen LogP contribution in [0, 0.1) is 0 Å². The lowest BCUT2D eigenvalue weighted by Crippen LogP contribution is -2.36. The Balaban J connectivity index is 1.80. The molecule has 4 rings (SSSR count). The van der Waals surface area contributed by atoms with Crippen LogP contribution in [0.4, 0.5) is 11.8 Å². The van der Waals surface area contributed by atoms with Crippen LogP contribution in [0.15, 0.2) is 29.1 Å². The number of aromatic amines is 1. The average Bonchev–Trinajstić information content (AvgIpc) is 2.62. The molecule has 2 aliphatic rings. The van der Waals surface area contributed by atoms with Crippen LogP contribution in [0.2, 0.25) is 5.02 Å². The van der Waals surface area contributed by atoms with E-state index in [9.17, 15) is 9.59 Å². The molecule has 1 amide bonds. The van der Waals surface area contributed by atoms with E-state index in [2.05, 4.69) is 20.2 Å². The summed E-state index contributed by atoms with van der Waals surface area (Å²) in [5.74, 6) is 0.346. The van der Waals surface area contributed by atoms with Crippen molar-refractivity contribution in [3.05, 3.63) is 50.8 Å². The number of H-pyrrole nitrogens is 1. The third-order valence-corrected chi connectivity index (χ3v) is 5.22. The monoisotopic (exact) mass is 358 g/mol. The van der Waals surface area contributed by atoms with E-state index >= 15 is 0 Å². The Morgan fingerprint density at radius 1 is 1.12 bits per heavy atom. The molecule has 1 saturated heterocycles. The van der Waals surface area contributed by atoms with Crippen LogP contribution in [-0.2, 0) is 4.79 Å². The van der Waals surface area contributed by atoms with E-state index in [4.69, 9.17) is 11.6 Å². The molecule has 3 heterocycles. The molecular formula is C18H19ClN4O2. The number of amides is 1. The normalized spacial score (nSPS) is 20.1. The average molecular weight is 359 g/mol. The van der Waals surface area contributed by atoms with Gasteiger partial charge >= 0.3 is 0 Å². The number of aromatic nitrogens is 2. The van der Waals surface area contributed by atoms with E-state index in [1.54, 1.807) is 6.07 Å². The minimum absolute atomic E-state index is 0.153. The van der Waals surface area contributed by atoms with Crippen molar-refractivity contribution in [3.8, 4) is 0 Å². The van der Waals surface area contributed by atoms with E-state index in [1.807, 2.05) is 18.2 Å². The Morgan fingerprint density at radius 2 is 1.88 bits per heavy atom. The minimum Gasteiger partial charge on any atom is -0.342 e. The van der Waals surface area contributed by atoms with Crippen LogP contribution in [0.1, 0.15) is 42.7 Å². The van der Waals surface area contributed by atoms with E-state index in [-0.39, 0.29) is 23.8 Å². The molecule has 0 saturated carbocycles. The molecule has 7 heteroatoms. The largest absolute Gasteiger partial charge is 0.342 e. The topological polar surface area (TPSA) is 78.1 Å². The Labute approximate surface area is 150 Å². The fourth-order valence-electron chi connectivity index (χ4n) is 3.64. The molecule has 2 aliphatic heterocycles. The lowest BCUT2D eigenvalue weighted by Gasteiger charge is -2.30. The third kappa shape index (κ3) is 3.02. The third-order valence-electron chi connectivity index (χ3n) is 4.87. The van der Waals surface area contributed by atoms with E-state index < -0.39 is 0 Å². The van der Waals surface area contributed by atoms with Gasteiger partial charge in [0.05, 0.1) is 5.56 Å². The van der Waals surface area contributed by atoms with Crippen molar-refractivity contribution in [3.63, 3.8) is 0 Å². The second kappa shape index (κ2) is 6.52. The van der Waals surface area contributed by atoms with Crippen molar-refractivity contribution in [2.24, 2.45) is 0 Å². The predicted octanol–water partition coefficient (Wildman–Crippen LogP) is 2.89. The summed E-state index contributed by atoms with van der Waals surface area (Å²) in [5, 5.41) is 3.31. The SMILES string of the molecule is O=C1CC(c2ccccc2Cl)c2c(nc(N3CCCCC3)[nH]c2=O)N1. The quantitative estimate of drug-likeness (QED) is 0.865. The van der Waals surface area contributed by atoms with Gasteiger partial charge in [0, 0.05) is 30.5 Å². The van der Waals surface area contributed by atoms with Crippen LogP contribution >= 0.6 is 11.6 Å². The molecule has 1 aromatic carbocycles. The lowest BCUT2D eigenvalue weighted by molar-refractivity contribution is -0.116. The number of benzene rings is 1. The number of rotatable bonds is 2. The van der Waals surface area contributed by atoms with Crippen molar-refractivity contribution in [2.45, 2.75) is 31.6 Å². The number of fused-ring (bicyclic) bond motifs is 1. The van der Waals surface area contributed by atoms with Crippen molar-refractivity contribution in [2.75, 3.05) is 23.3 Å². The van der Waals surface area contributed by atoms with E-state index in [0.29, 0.717) is 22.4 Å². The first-order valence-corrected chi connectivity index (χ1v) is 8.94. The fourth-order valence-corrected chi connectivity index (χ4v) is 3.91. The van der Waals surface area contributed by atoms with Crippen molar-refractivity contribution in [1.82, 2.24) is 9.97 Å². The zero-order chi connectivity index (χ0) is 17.4. The first-order chi connectivity index (χ1) is 12.1. The molecule has 2 aromatic rings. The lowest BCUT2D eigenvalue weighted by atomic mass is 9.87. The molecule has 0 spiro atoms. The maximum Gasteiger partial charge on any atom is 0.258 e. The molecule has 1 atom stereocenters. The number of carbonyl (C=O) groups is 1. The highest BCUT2D eigenvalue weighted by Crippen LogP contribution is 2.37. The summed E-state index contributed by atoms with van der Waals surface area (Å²) in [5.41, 5.74) is 1.04. The number of hydrogen-bond donors (Lipinski definition) is 2. The second-order valence-corrected chi connectivity index (χ2v) is 6.93. The van der Waals surface area contributed by atoms with Gasteiger partial charge in [0.1, 0.15) is 5.82 Å². The number of piperidine rings is 1. The second-order valence-electron chi connectivity index (χ2n) is 6.53. The number of anilines is 2. The number of halogens is 1. The molecule has 0 aliphatic carbocycles. The summed E-state index contributed by atoms with van der Waals surface area (Å²) in [7, 11) is 0. The van der Waals surface area contributed by atoms with Crippen LogP contribution in [-0.4, -0.2) is 29.0 Å². The van der Waals surface area contributed by atoms with Gasteiger partial charge in [-0.1, -0.05) is 29.8 Å². The van der Waals surface area contributed by atoms with Gasteiger partial charge in [-0.2, -0.15) is 4.98 Å². The number of hydrogen-bond acceptors (Lipinski definition) is 4. The van der Waals surface area contributed by atoms with Gasteiger partial charge < -0.3 is 10.2 Å². The molecule has 130 valence electrons. The summed E-state index contributed by atoms with van der Waals surface area (Å²) in [4.78, 5) is 34.5. The van der Waals surface area contributed by atoms with Crippen LogP contribution in [0.3, 0.4) is 0 Å². The highest BCUT2D eigenvalue weighted by atomic mass is 35.5. The maximum atomic E-state index is 12.8. The summed E-state index contributed by atoms with van der Waals surface area (Å²) >= 11 is 6.30. The summed E-state index contributed by atoms with van der Waals surface area (Å²) in [6, 6.07) is 7.31. The molecule has 2 N–H and O–H groups in total. The van der Waals surface area contributed by atoms with Crippen molar-refractivity contribution >= 4 is 29.3 Å². The van der Waals surface area contributed by atoms with Crippen molar-refractivity contribution in [1.29, 1.82) is 0 Å². The Bertz CT molecular complexity index is 874. The number of nitrogens with one attached hydrogen (secondary N) is 2. The van der Waals surface area contributed by atoms with Crippen LogP contribution in [0.5, 0.6) is 0 Å². The van der Waals surface area contributed by atoms with Crippen molar-refractivity contribution < 1.29 is 4.79 Å². The maximum absolute atomic E-state index is 12.8. The van der Waals surface area contributed by atoms with Gasteiger partial charge in [-0.15, -0.1) is 0 Å². The predicted molar refractivity (Wildman–Crippen MR) is 97.5 cm³/mol. The molecule has 0 bridgehead atoms. The van der Waals surface area contributed by atoms with Crippen LogP contribution < -0.4 is 15.8 Å². The van der Waals surface area contributed by atoms with Gasteiger partial charge in [0.15, 0.2) is 0 Å². The molecule has 1 unspecified atom stereocenters. The van der Waals surface area contributed by atoms with E-state index in [1.165, 1.54) is 6.42 Å². The number of carbonyl (C=O) groups excluding carboxylic acids is 1. The Kier molecular flexibility index (Phi) is 4.21. The molecular weight excluding hydrogens is 340 g/mol. The highest BCUT2D eigenvalue weighted by Gasteiger charge is 2.32. The van der Waals surface area contributed by atoms with Gasteiger partial charge in [0.25, 0.3) is 5.56 Å². The first kappa shape index (κ1) is 16.1. The van der Waals surface area contributed by atoms with Gasteiger partial charge in [0.2, 0.25) is 11.9 Å². The molecule has 1 aromatic heterocycles. The molecule has 1 fully saturated rings. The molecule has 0 radical (unpaired) electrons. The molecule has 25 heavy (non-hydrogen) atoms. The first-order valence-electron chi connectivity index (χ1n) is 8.57. The minimum atomic E-state index is -0.385. The van der Waals surface area contributed by atoms with Gasteiger partial charge in [-0.25, -0.2) is 0 Å². The highest BCUT2D eigenvalue weighted by molar-refractivity contribution is 6.31. The Morgan fingerprint density at radius 3 is 2.64 bits per heavy atom. The van der Waals surface area contributed by atoms with Gasteiger partial charge in [-0.3, -0.25) is 14.6 Å². The summed E-state index contributed by atoms with van der Waals surface area (Å²) < 4.78 is 0. The van der Waals surface area contributed by atoms with Gasteiger partial charge in [-0.05, 0) is 30.9 Å². The number of nitrogens with zero attached hydrogens (tertiary/aromatic N) is 2. The molecule has 6 nitrogen and oxygen atoms in total. The van der Waals surface area contributed by atoms with E-state index in [0.717, 1.165) is 31.5 Å². The summed E-state index contributed by atoms with van der Waals surface area (Å²) in [6.45, 7) is 1.73.